The van der Waals surface area contributed by atoms with Crippen LogP contribution in [0.3, 0.4) is 0 Å². The van der Waals surface area contributed by atoms with Gasteiger partial charge in [0.2, 0.25) is 0 Å². The van der Waals surface area contributed by atoms with Crippen molar-refractivity contribution in [2.45, 2.75) is 27.8 Å². The summed E-state index contributed by atoms with van der Waals surface area (Å²) >= 11 is 4.73. The molecule has 0 amide bonds. The molecule has 24 heavy (non-hydrogen) atoms. The van der Waals surface area contributed by atoms with E-state index in [2.05, 4.69) is 26.7 Å². The third-order valence-corrected chi connectivity index (χ3v) is 6.60. The van der Waals surface area contributed by atoms with E-state index >= 15 is 0 Å². The topological polar surface area (TPSA) is 71.5 Å². The zero-order valence-electron chi connectivity index (χ0n) is 13.3. The molecule has 0 spiro atoms. The van der Waals surface area contributed by atoms with E-state index < -0.39 is 0 Å². The molecule has 0 aliphatic heterocycles. The normalized spacial score (nSPS) is 12.4. The average Bonchev–Trinajstić information content (AvgIpc) is 3.00. The van der Waals surface area contributed by atoms with Gasteiger partial charge in [0.15, 0.2) is 8.68 Å². The number of benzene rings is 1. The van der Waals surface area contributed by atoms with E-state index in [0.717, 1.165) is 20.0 Å². The van der Waals surface area contributed by atoms with Gasteiger partial charge in [-0.05, 0) is 26.0 Å². The number of aromatic amines is 1. The van der Waals surface area contributed by atoms with Gasteiger partial charge in [-0.2, -0.15) is 0 Å². The van der Waals surface area contributed by atoms with Crippen LogP contribution < -0.4 is 5.56 Å². The summed E-state index contributed by atoms with van der Waals surface area (Å²) in [5.74, 6) is 1.49. The van der Waals surface area contributed by atoms with Gasteiger partial charge in [0, 0.05) is 5.75 Å². The third-order valence-electron chi connectivity index (χ3n) is 3.12. The molecule has 0 aliphatic carbocycles. The molecule has 0 fully saturated rings. The third kappa shape index (κ3) is 4.06. The quantitative estimate of drug-likeness (QED) is 0.511. The highest BCUT2D eigenvalue weighted by Crippen LogP contribution is 2.37. The minimum Gasteiger partial charge on any atom is -0.309 e. The van der Waals surface area contributed by atoms with Gasteiger partial charge in [0.25, 0.3) is 5.56 Å². The van der Waals surface area contributed by atoms with Crippen molar-refractivity contribution in [3.05, 3.63) is 52.6 Å². The summed E-state index contributed by atoms with van der Waals surface area (Å²) in [6, 6.07) is 7.34. The molecule has 3 rings (SSSR count). The van der Waals surface area contributed by atoms with Crippen molar-refractivity contribution in [1.82, 2.24) is 20.2 Å². The van der Waals surface area contributed by atoms with Gasteiger partial charge >= 0.3 is 0 Å². The van der Waals surface area contributed by atoms with Crippen molar-refractivity contribution in [1.29, 1.82) is 0 Å². The van der Waals surface area contributed by atoms with E-state index in [0.29, 0.717) is 16.7 Å². The van der Waals surface area contributed by atoms with Gasteiger partial charge in [-0.3, -0.25) is 4.79 Å². The van der Waals surface area contributed by atoms with Crippen LogP contribution in [0.25, 0.3) is 10.9 Å². The predicted octanol–water partition coefficient (Wildman–Crippen LogP) is 4.30. The SMILES string of the molecule is C=C(C)CSc1nnc(S[C@@H](C)c2nc3ccccc3c(=O)[nH]2)s1. The maximum absolute atomic E-state index is 12.2. The molecule has 0 saturated heterocycles. The van der Waals surface area contributed by atoms with E-state index in [1.165, 1.54) is 0 Å². The molecule has 8 heteroatoms. The Bertz CT molecular complexity index is 934. The first-order chi connectivity index (χ1) is 11.5. The number of rotatable bonds is 6. The summed E-state index contributed by atoms with van der Waals surface area (Å²) in [6.07, 6.45) is 0. The minimum absolute atomic E-state index is 0.0192. The van der Waals surface area contributed by atoms with E-state index in [-0.39, 0.29) is 10.8 Å². The largest absolute Gasteiger partial charge is 0.309 e. The van der Waals surface area contributed by atoms with E-state index in [1.807, 2.05) is 32.0 Å². The Kier molecular flexibility index (Phi) is 5.37. The van der Waals surface area contributed by atoms with Gasteiger partial charge in [0.1, 0.15) is 5.82 Å². The summed E-state index contributed by atoms with van der Waals surface area (Å²) in [7, 11) is 0. The van der Waals surface area contributed by atoms with Crippen LogP contribution in [0.5, 0.6) is 0 Å². The Balaban J connectivity index is 1.76. The molecule has 0 unspecified atom stereocenters. The molecule has 0 bridgehead atoms. The second kappa shape index (κ2) is 7.50. The lowest BCUT2D eigenvalue weighted by Gasteiger charge is -2.08. The van der Waals surface area contributed by atoms with Crippen LogP contribution in [-0.2, 0) is 0 Å². The second-order valence-corrected chi connectivity index (χ2v) is 9.10. The molecular weight excluding hydrogens is 360 g/mol. The number of hydrogen-bond donors (Lipinski definition) is 1. The van der Waals surface area contributed by atoms with Crippen LogP contribution >= 0.6 is 34.9 Å². The Morgan fingerprint density at radius 3 is 2.88 bits per heavy atom. The maximum atomic E-state index is 12.2. The molecule has 1 aromatic carbocycles. The highest BCUT2D eigenvalue weighted by molar-refractivity contribution is 8.03. The minimum atomic E-state index is -0.113. The van der Waals surface area contributed by atoms with Gasteiger partial charge in [-0.1, -0.05) is 59.1 Å². The number of hydrogen-bond acceptors (Lipinski definition) is 7. The fourth-order valence-electron chi connectivity index (χ4n) is 1.99. The Labute approximate surface area is 152 Å². The molecule has 5 nitrogen and oxygen atoms in total. The van der Waals surface area contributed by atoms with Gasteiger partial charge in [-0.15, -0.1) is 10.2 Å². The summed E-state index contributed by atoms with van der Waals surface area (Å²) in [4.78, 5) is 19.6. The number of aromatic nitrogens is 4. The van der Waals surface area contributed by atoms with Crippen LogP contribution in [0.2, 0.25) is 0 Å². The summed E-state index contributed by atoms with van der Waals surface area (Å²) in [6.45, 7) is 7.88. The molecule has 3 aromatic rings. The molecule has 1 N–H and O–H groups in total. The van der Waals surface area contributed by atoms with E-state index in [9.17, 15) is 4.79 Å². The number of para-hydroxylation sites is 1. The molecular formula is C16H16N4OS3. The zero-order chi connectivity index (χ0) is 17.1. The summed E-state index contributed by atoms with van der Waals surface area (Å²) in [5.41, 5.74) is 1.70. The molecule has 0 aliphatic rings. The number of thioether (sulfide) groups is 2. The fraction of sp³-hybridized carbons (Fsp3) is 0.250. The monoisotopic (exact) mass is 376 g/mol. The number of H-pyrrole nitrogens is 1. The predicted molar refractivity (Wildman–Crippen MR) is 102 cm³/mol. The van der Waals surface area contributed by atoms with Crippen LogP contribution in [0.1, 0.15) is 24.9 Å². The first-order valence-electron chi connectivity index (χ1n) is 7.29. The van der Waals surface area contributed by atoms with Crippen molar-refractivity contribution in [2.24, 2.45) is 0 Å². The van der Waals surface area contributed by atoms with Gasteiger partial charge in [0.05, 0.1) is 16.2 Å². The van der Waals surface area contributed by atoms with Crippen molar-refractivity contribution >= 4 is 45.8 Å². The maximum Gasteiger partial charge on any atom is 0.258 e. The highest BCUT2D eigenvalue weighted by atomic mass is 32.2. The Morgan fingerprint density at radius 2 is 2.08 bits per heavy atom. The van der Waals surface area contributed by atoms with Crippen molar-refractivity contribution in [2.75, 3.05) is 5.75 Å². The molecule has 2 aromatic heterocycles. The zero-order valence-corrected chi connectivity index (χ0v) is 15.7. The fourth-order valence-corrected chi connectivity index (χ4v) is 5.06. The number of fused-ring (bicyclic) bond motifs is 1. The Hall–Kier alpha value is -1.64. The highest BCUT2D eigenvalue weighted by Gasteiger charge is 2.15. The van der Waals surface area contributed by atoms with E-state index in [1.54, 1.807) is 40.9 Å². The lowest BCUT2D eigenvalue weighted by Crippen LogP contribution is -2.12. The molecule has 0 saturated carbocycles. The van der Waals surface area contributed by atoms with Crippen molar-refractivity contribution < 1.29 is 0 Å². The standard InChI is InChI=1S/C16H16N4OS3/c1-9(2)8-22-15-19-20-16(24-15)23-10(3)13-17-12-7-5-4-6-11(12)14(21)18-13/h4-7,10H,1,8H2,2-3H3,(H,17,18,21)/t10-/m0/s1. The van der Waals surface area contributed by atoms with Crippen LogP contribution in [-0.4, -0.2) is 25.9 Å². The van der Waals surface area contributed by atoms with Gasteiger partial charge in [-0.25, -0.2) is 4.98 Å². The van der Waals surface area contributed by atoms with Crippen molar-refractivity contribution in [3.63, 3.8) is 0 Å². The number of nitrogens with zero attached hydrogens (tertiary/aromatic N) is 3. The lowest BCUT2D eigenvalue weighted by atomic mass is 10.2. The molecule has 1 atom stereocenters. The smallest absolute Gasteiger partial charge is 0.258 e. The van der Waals surface area contributed by atoms with Crippen LogP contribution in [0.15, 0.2) is 49.9 Å². The average molecular weight is 377 g/mol. The lowest BCUT2D eigenvalue weighted by molar-refractivity contribution is 0.910. The van der Waals surface area contributed by atoms with E-state index in [4.69, 9.17) is 0 Å². The second-order valence-electron chi connectivity index (χ2n) is 5.31. The molecule has 124 valence electrons. The summed E-state index contributed by atoms with van der Waals surface area (Å²) < 4.78 is 1.79. The molecule has 2 heterocycles. The Morgan fingerprint density at radius 1 is 1.33 bits per heavy atom. The first-order valence-corrected chi connectivity index (χ1v) is 9.97. The van der Waals surface area contributed by atoms with Crippen LogP contribution in [0, 0.1) is 0 Å². The number of nitrogens with one attached hydrogen (secondary N) is 1. The van der Waals surface area contributed by atoms with Crippen molar-refractivity contribution in [3.8, 4) is 0 Å². The van der Waals surface area contributed by atoms with Crippen LogP contribution in [0.4, 0.5) is 0 Å². The summed E-state index contributed by atoms with van der Waals surface area (Å²) in [5, 5.41) is 8.97. The molecule has 0 radical (unpaired) electrons. The first kappa shape index (κ1) is 17.2. The van der Waals surface area contributed by atoms with Gasteiger partial charge < -0.3 is 4.98 Å².